The Kier molecular flexibility index (Phi) is 10.9. The Morgan fingerprint density at radius 2 is 1.54 bits per heavy atom. The van der Waals surface area contributed by atoms with E-state index < -0.39 is 18.1 Å². The zero-order valence-corrected chi connectivity index (χ0v) is 15.3. The summed E-state index contributed by atoms with van der Waals surface area (Å²) in [6.07, 6.45) is 10.1. The second kappa shape index (κ2) is 11.8. The molecular formula is C19H31NO4. The minimum atomic E-state index is -2.19. The number of carboxylic acid groups (broad SMARTS) is 1. The number of carboxylic acids is 1. The van der Waals surface area contributed by atoms with Crippen LogP contribution < -0.4 is 5.32 Å². The summed E-state index contributed by atoms with van der Waals surface area (Å²) in [7, 11) is 0. The zero-order valence-electron chi connectivity index (χ0n) is 15.3. The van der Waals surface area contributed by atoms with Crippen LogP contribution in [0.25, 0.3) is 0 Å². The summed E-state index contributed by atoms with van der Waals surface area (Å²) in [5, 5.41) is 21.2. The van der Waals surface area contributed by atoms with Gasteiger partial charge in [0, 0.05) is 6.54 Å². The predicted octanol–water partition coefficient (Wildman–Crippen LogP) is 3.36. The summed E-state index contributed by atoms with van der Waals surface area (Å²) in [6, 6.07) is 0. The number of hydrogen-bond donors (Lipinski definition) is 3. The molecule has 0 amide bonds. The van der Waals surface area contributed by atoms with Gasteiger partial charge in [-0.1, -0.05) is 34.9 Å². The van der Waals surface area contributed by atoms with E-state index in [0.717, 1.165) is 31.3 Å². The summed E-state index contributed by atoms with van der Waals surface area (Å²) in [6.45, 7) is 8.49. The van der Waals surface area contributed by atoms with Crippen LogP contribution in [0, 0.1) is 0 Å². The summed E-state index contributed by atoms with van der Waals surface area (Å²) in [5.41, 5.74) is 1.62. The Morgan fingerprint density at radius 3 is 2.04 bits per heavy atom. The van der Waals surface area contributed by atoms with Crippen LogP contribution in [-0.4, -0.2) is 34.7 Å². The van der Waals surface area contributed by atoms with Crippen LogP contribution in [0.5, 0.6) is 0 Å². The van der Waals surface area contributed by atoms with Gasteiger partial charge in [0.05, 0.1) is 6.42 Å². The van der Waals surface area contributed by atoms with Gasteiger partial charge in [0.25, 0.3) is 0 Å². The molecule has 3 N–H and O–H groups in total. The molecule has 0 saturated carbocycles. The highest BCUT2D eigenvalue weighted by Gasteiger charge is 2.34. The first-order valence-corrected chi connectivity index (χ1v) is 8.30. The van der Waals surface area contributed by atoms with Gasteiger partial charge in [0.1, 0.15) is 6.29 Å². The number of carbonyl (C=O) groups is 2. The van der Waals surface area contributed by atoms with Gasteiger partial charge in [-0.2, -0.15) is 0 Å². The highest BCUT2D eigenvalue weighted by atomic mass is 16.4. The fourth-order valence-corrected chi connectivity index (χ4v) is 2.09. The van der Waals surface area contributed by atoms with Crippen LogP contribution in [0.4, 0.5) is 0 Å². The third kappa shape index (κ3) is 10.1. The van der Waals surface area contributed by atoms with Crippen molar-refractivity contribution in [1.82, 2.24) is 5.32 Å². The molecule has 0 aromatic heterocycles. The van der Waals surface area contributed by atoms with Crippen molar-refractivity contribution < 1.29 is 19.8 Å². The third-order valence-corrected chi connectivity index (χ3v) is 3.70. The summed E-state index contributed by atoms with van der Waals surface area (Å²) in [4.78, 5) is 21.4. The summed E-state index contributed by atoms with van der Waals surface area (Å²) >= 11 is 0. The van der Waals surface area contributed by atoms with Gasteiger partial charge in [0.15, 0.2) is 0 Å². The first-order valence-electron chi connectivity index (χ1n) is 8.30. The molecule has 0 aliphatic carbocycles. The monoisotopic (exact) mass is 337 g/mol. The number of aliphatic hydroxyl groups is 1. The number of hydrogen-bond acceptors (Lipinski definition) is 4. The average molecular weight is 337 g/mol. The van der Waals surface area contributed by atoms with Crippen molar-refractivity contribution in [3.63, 3.8) is 0 Å². The van der Waals surface area contributed by atoms with Crippen molar-refractivity contribution in [1.29, 1.82) is 0 Å². The Hall–Kier alpha value is -1.72. The Morgan fingerprint density at radius 1 is 1.00 bits per heavy atom. The molecular weight excluding hydrogens is 306 g/mol. The van der Waals surface area contributed by atoms with E-state index in [0.29, 0.717) is 6.29 Å². The Balaban J connectivity index is 4.25. The topological polar surface area (TPSA) is 86.6 Å². The van der Waals surface area contributed by atoms with Gasteiger partial charge in [-0.15, -0.1) is 0 Å². The number of aliphatic carboxylic acids is 1. The van der Waals surface area contributed by atoms with Crippen molar-refractivity contribution in [2.24, 2.45) is 0 Å². The number of nitrogens with one attached hydrogen (secondary N) is 1. The molecule has 0 bridgehead atoms. The average Bonchev–Trinajstić information content (AvgIpc) is 2.46. The number of aldehydes is 1. The first kappa shape index (κ1) is 22.3. The van der Waals surface area contributed by atoms with Crippen LogP contribution in [-0.2, 0) is 9.59 Å². The highest BCUT2D eigenvalue weighted by molar-refractivity contribution is 5.79. The Bertz CT molecular complexity index is 501. The molecule has 0 aromatic rings. The molecule has 0 heterocycles. The van der Waals surface area contributed by atoms with Gasteiger partial charge in [-0.05, 0) is 53.4 Å². The smallest absolute Gasteiger partial charge is 0.351 e. The molecule has 5 heteroatoms. The molecule has 0 radical (unpaired) electrons. The molecule has 1 unspecified atom stereocenters. The van der Waals surface area contributed by atoms with Crippen molar-refractivity contribution >= 4 is 12.3 Å². The molecule has 24 heavy (non-hydrogen) atoms. The lowest BCUT2D eigenvalue weighted by Crippen LogP contribution is -2.52. The van der Waals surface area contributed by atoms with Crippen LogP contribution in [0.2, 0.25) is 0 Å². The van der Waals surface area contributed by atoms with Crippen LogP contribution in [0.3, 0.4) is 0 Å². The van der Waals surface area contributed by atoms with E-state index in [4.69, 9.17) is 5.11 Å². The maximum Gasteiger partial charge on any atom is 0.351 e. The molecule has 0 aromatic carbocycles. The van der Waals surface area contributed by atoms with Gasteiger partial charge in [-0.3, -0.25) is 5.32 Å². The minimum absolute atomic E-state index is 0.200. The number of carbonyl (C=O) groups excluding carboxylic acids is 1. The standard InChI is InChI=1S/C19H31NO4/c1-15(2)7-5-8-16(3)9-6-10-17(4)11-13-20-19(24,12-14-21)18(22)23/h7,9,11,14,20,24H,5-6,8,10,12-13H2,1-4H3,(H,22,23)/b16-9+,17-11+. The normalized spacial score (nSPS) is 14.9. The molecule has 1 atom stereocenters. The molecule has 0 spiro atoms. The van der Waals surface area contributed by atoms with Gasteiger partial charge >= 0.3 is 5.97 Å². The fraction of sp³-hybridized carbons (Fsp3) is 0.579. The van der Waals surface area contributed by atoms with Crippen LogP contribution in [0.1, 0.15) is 59.8 Å². The van der Waals surface area contributed by atoms with Gasteiger partial charge in [-0.25, -0.2) is 4.79 Å². The van der Waals surface area contributed by atoms with E-state index in [1.54, 1.807) is 0 Å². The molecule has 0 aliphatic heterocycles. The quantitative estimate of drug-likeness (QED) is 0.289. The van der Waals surface area contributed by atoms with Crippen molar-refractivity contribution in [3.8, 4) is 0 Å². The molecule has 0 fully saturated rings. The van der Waals surface area contributed by atoms with Crippen LogP contribution in [0.15, 0.2) is 34.9 Å². The second-order valence-corrected chi connectivity index (χ2v) is 6.38. The first-order chi connectivity index (χ1) is 11.2. The largest absolute Gasteiger partial charge is 0.478 e. The molecule has 0 aliphatic rings. The van der Waals surface area contributed by atoms with E-state index in [2.05, 4.69) is 38.2 Å². The molecule has 0 rings (SSSR count). The minimum Gasteiger partial charge on any atom is -0.478 e. The molecule has 136 valence electrons. The van der Waals surface area contributed by atoms with Crippen molar-refractivity contribution in [3.05, 3.63) is 34.9 Å². The SMILES string of the molecule is CC(C)=CCC/C(C)=C/CC/C(C)=C/CNC(O)(CC=O)C(=O)O. The van der Waals surface area contributed by atoms with Gasteiger partial charge in [0.2, 0.25) is 5.72 Å². The summed E-state index contributed by atoms with van der Waals surface area (Å²) < 4.78 is 0. The lowest BCUT2D eigenvalue weighted by molar-refractivity contribution is -0.163. The maximum atomic E-state index is 11.0. The van der Waals surface area contributed by atoms with E-state index >= 15 is 0 Å². The third-order valence-electron chi connectivity index (χ3n) is 3.70. The van der Waals surface area contributed by atoms with E-state index in [9.17, 15) is 14.7 Å². The van der Waals surface area contributed by atoms with Crippen LogP contribution >= 0.6 is 0 Å². The van der Waals surface area contributed by atoms with Gasteiger partial charge < -0.3 is 15.0 Å². The maximum absolute atomic E-state index is 11.0. The number of rotatable bonds is 12. The molecule has 0 saturated heterocycles. The second-order valence-electron chi connectivity index (χ2n) is 6.38. The Labute approximate surface area is 145 Å². The lowest BCUT2D eigenvalue weighted by atomic mass is 10.1. The van der Waals surface area contributed by atoms with E-state index in [1.165, 1.54) is 11.1 Å². The molecule has 5 nitrogen and oxygen atoms in total. The van der Waals surface area contributed by atoms with Crippen molar-refractivity contribution in [2.45, 2.75) is 65.5 Å². The number of allylic oxidation sites excluding steroid dienone is 5. The van der Waals surface area contributed by atoms with Crippen molar-refractivity contribution in [2.75, 3.05) is 6.54 Å². The summed E-state index contributed by atoms with van der Waals surface area (Å²) in [5.74, 6) is -1.45. The van der Waals surface area contributed by atoms with E-state index in [-0.39, 0.29) is 6.54 Å². The predicted molar refractivity (Wildman–Crippen MR) is 96.7 cm³/mol. The van der Waals surface area contributed by atoms with E-state index in [1.807, 2.05) is 13.0 Å². The zero-order chi connectivity index (χ0) is 18.6. The fourth-order valence-electron chi connectivity index (χ4n) is 2.09. The highest BCUT2D eigenvalue weighted by Crippen LogP contribution is 2.11. The lowest BCUT2D eigenvalue weighted by Gasteiger charge is -2.21.